The Kier molecular flexibility index (Phi) is 3.50. The number of hydrogen-bond donors (Lipinski definition) is 0. The van der Waals surface area contributed by atoms with Gasteiger partial charge in [0.05, 0.1) is 9.80 Å². The Morgan fingerprint density at radius 3 is 2.30 bits per heavy atom. The fourth-order valence-corrected chi connectivity index (χ4v) is 3.41. The molecule has 2 aliphatic carbocycles. The lowest BCUT2D eigenvalue weighted by molar-refractivity contribution is -0.383. The van der Waals surface area contributed by atoms with Gasteiger partial charge in [-0.05, 0) is 44.4 Å². The maximum Gasteiger partial charge on any atom is 0.304 e. The first-order valence-corrected chi connectivity index (χ1v) is 7.90. The van der Waals surface area contributed by atoms with Crippen molar-refractivity contribution in [2.75, 3.05) is 18.0 Å². The van der Waals surface area contributed by atoms with E-state index in [1.165, 1.54) is 50.0 Å². The van der Waals surface area contributed by atoms with Crippen molar-refractivity contribution in [2.45, 2.75) is 32.6 Å². The molecule has 5 nitrogen and oxygen atoms in total. The summed E-state index contributed by atoms with van der Waals surface area (Å²) in [6, 6.07) is 1.44. The van der Waals surface area contributed by atoms with Gasteiger partial charge in [0.25, 0.3) is 0 Å². The summed E-state index contributed by atoms with van der Waals surface area (Å²) in [5.74, 6) is 1.26. The summed E-state index contributed by atoms with van der Waals surface area (Å²) in [6.45, 7) is 3.26. The first-order valence-electron chi connectivity index (χ1n) is 7.08. The van der Waals surface area contributed by atoms with Crippen LogP contribution in [0.15, 0.2) is 6.07 Å². The predicted octanol–water partition coefficient (Wildman–Crippen LogP) is 3.49. The molecule has 6 heteroatoms. The Morgan fingerprint density at radius 2 is 1.90 bits per heavy atom. The number of ketones is 1. The van der Waals surface area contributed by atoms with Crippen LogP contribution in [-0.2, 0) is 0 Å². The average molecular weight is 294 g/mol. The Labute approximate surface area is 121 Å². The molecule has 0 amide bonds. The highest BCUT2D eigenvalue weighted by Crippen LogP contribution is 2.42. The fourth-order valence-electron chi connectivity index (χ4n) is 2.37. The minimum absolute atomic E-state index is 0.0952. The van der Waals surface area contributed by atoms with E-state index in [0.717, 1.165) is 13.1 Å². The first kappa shape index (κ1) is 13.5. The van der Waals surface area contributed by atoms with Crippen molar-refractivity contribution < 1.29 is 9.72 Å². The molecule has 0 bridgehead atoms. The predicted molar refractivity (Wildman–Crippen MR) is 78.6 cm³/mol. The topological polar surface area (TPSA) is 63.4 Å². The van der Waals surface area contributed by atoms with E-state index in [-0.39, 0.29) is 16.4 Å². The number of hydrogen-bond acceptors (Lipinski definition) is 5. The average Bonchev–Trinajstić information content (AvgIpc) is 3.30. The third-order valence-electron chi connectivity index (χ3n) is 3.88. The van der Waals surface area contributed by atoms with Gasteiger partial charge in [0.15, 0.2) is 10.8 Å². The monoisotopic (exact) mass is 294 g/mol. The van der Waals surface area contributed by atoms with Gasteiger partial charge in [0.2, 0.25) is 0 Å². The van der Waals surface area contributed by atoms with Crippen molar-refractivity contribution in [3.05, 3.63) is 21.1 Å². The van der Waals surface area contributed by atoms with Crippen LogP contribution in [0.3, 0.4) is 0 Å². The number of nitro groups is 1. The van der Waals surface area contributed by atoms with Crippen LogP contribution in [-0.4, -0.2) is 23.8 Å². The molecule has 1 heterocycles. The molecule has 0 radical (unpaired) electrons. The Morgan fingerprint density at radius 1 is 1.35 bits per heavy atom. The van der Waals surface area contributed by atoms with E-state index in [1.807, 2.05) is 0 Å². The van der Waals surface area contributed by atoms with Crippen LogP contribution in [0.5, 0.6) is 0 Å². The lowest BCUT2D eigenvalue weighted by atomic mass is 10.3. The summed E-state index contributed by atoms with van der Waals surface area (Å²) in [6.07, 6.45) is 4.89. The number of nitrogens with zero attached hydrogens (tertiary/aromatic N) is 2. The second-order valence-electron chi connectivity index (χ2n) is 5.91. The third kappa shape index (κ3) is 3.00. The van der Waals surface area contributed by atoms with Crippen molar-refractivity contribution in [1.82, 2.24) is 0 Å². The molecule has 0 aromatic carbocycles. The molecule has 20 heavy (non-hydrogen) atoms. The van der Waals surface area contributed by atoms with Gasteiger partial charge in [-0.1, -0.05) is 0 Å². The highest BCUT2D eigenvalue weighted by Gasteiger charge is 2.33. The number of anilines is 1. The van der Waals surface area contributed by atoms with Gasteiger partial charge in [0.1, 0.15) is 0 Å². The number of thiophene rings is 1. The van der Waals surface area contributed by atoms with E-state index >= 15 is 0 Å². The number of carbonyl (C=O) groups is 1. The van der Waals surface area contributed by atoms with E-state index in [0.29, 0.717) is 21.7 Å². The zero-order valence-corrected chi connectivity index (χ0v) is 12.3. The molecule has 0 spiro atoms. The second kappa shape index (κ2) is 5.16. The summed E-state index contributed by atoms with van der Waals surface area (Å²) in [7, 11) is 0. The van der Waals surface area contributed by atoms with Gasteiger partial charge in [-0.25, -0.2) is 0 Å². The molecule has 0 N–H and O–H groups in total. The smallest absolute Gasteiger partial charge is 0.304 e. The Bertz CT molecular complexity index is 533. The van der Waals surface area contributed by atoms with Crippen molar-refractivity contribution in [3.63, 3.8) is 0 Å². The third-order valence-corrected chi connectivity index (χ3v) is 5.16. The number of Topliss-reactive ketones (excluding diaryl/α,β-unsaturated/α-hetero) is 1. The normalized spacial score (nSPS) is 18.1. The second-order valence-corrected chi connectivity index (χ2v) is 6.94. The van der Waals surface area contributed by atoms with Gasteiger partial charge in [0, 0.05) is 19.2 Å². The Balaban J connectivity index is 1.89. The zero-order valence-electron chi connectivity index (χ0n) is 11.5. The van der Waals surface area contributed by atoms with Gasteiger partial charge >= 0.3 is 5.69 Å². The summed E-state index contributed by atoms with van der Waals surface area (Å²) in [5, 5.41) is 11.9. The number of carbonyl (C=O) groups excluding carboxylic acids is 1. The molecule has 2 saturated carbocycles. The molecule has 108 valence electrons. The highest BCUT2D eigenvalue weighted by molar-refractivity contribution is 7.18. The van der Waals surface area contributed by atoms with Crippen molar-refractivity contribution >= 4 is 27.8 Å². The maximum atomic E-state index is 11.5. The van der Waals surface area contributed by atoms with E-state index in [2.05, 4.69) is 4.90 Å². The summed E-state index contributed by atoms with van der Waals surface area (Å²) >= 11 is 1.28. The standard InChI is InChI=1S/C14H18N2O3S/c1-9(17)13-6-12(16(18)19)14(20-13)15(7-10-2-3-10)8-11-4-5-11/h6,10-11H,2-5,7-8H2,1H3. The van der Waals surface area contributed by atoms with Crippen molar-refractivity contribution in [3.8, 4) is 0 Å². The Hall–Kier alpha value is -1.43. The first-order chi connectivity index (χ1) is 9.54. The lowest BCUT2D eigenvalue weighted by Gasteiger charge is -2.22. The van der Waals surface area contributed by atoms with Crippen LogP contribution in [0.1, 0.15) is 42.3 Å². The largest absolute Gasteiger partial charge is 0.357 e. The SMILES string of the molecule is CC(=O)c1cc([N+](=O)[O-])c(N(CC2CC2)CC2CC2)s1. The maximum absolute atomic E-state index is 11.5. The van der Waals surface area contributed by atoms with Crippen molar-refractivity contribution in [1.29, 1.82) is 0 Å². The molecular weight excluding hydrogens is 276 g/mol. The molecule has 2 aliphatic rings. The van der Waals surface area contributed by atoms with Crippen LogP contribution in [0.2, 0.25) is 0 Å². The molecule has 1 aromatic rings. The minimum Gasteiger partial charge on any atom is -0.357 e. The van der Waals surface area contributed by atoms with E-state index in [4.69, 9.17) is 0 Å². The van der Waals surface area contributed by atoms with Crippen LogP contribution >= 0.6 is 11.3 Å². The van der Waals surface area contributed by atoms with Crippen LogP contribution < -0.4 is 4.90 Å². The zero-order chi connectivity index (χ0) is 14.3. The summed E-state index contributed by atoms with van der Waals surface area (Å²) in [4.78, 5) is 25.0. The fraction of sp³-hybridized carbons (Fsp3) is 0.643. The lowest BCUT2D eigenvalue weighted by Crippen LogP contribution is -2.27. The van der Waals surface area contributed by atoms with Gasteiger partial charge in [-0.15, -0.1) is 11.3 Å². The molecule has 3 rings (SSSR count). The van der Waals surface area contributed by atoms with Gasteiger partial charge < -0.3 is 4.90 Å². The van der Waals surface area contributed by atoms with E-state index in [9.17, 15) is 14.9 Å². The molecule has 1 aromatic heterocycles. The molecule has 0 aliphatic heterocycles. The van der Waals surface area contributed by atoms with E-state index in [1.54, 1.807) is 0 Å². The van der Waals surface area contributed by atoms with Crippen LogP contribution in [0, 0.1) is 22.0 Å². The number of rotatable bonds is 7. The van der Waals surface area contributed by atoms with Crippen LogP contribution in [0.25, 0.3) is 0 Å². The molecule has 0 unspecified atom stereocenters. The van der Waals surface area contributed by atoms with Gasteiger partial charge in [-0.3, -0.25) is 14.9 Å². The highest BCUT2D eigenvalue weighted by atomic mass is 32.1. The van der Waals surface area contributed by atoms with Gasteiger partial charge in [-0.2, -0.15) is 0 Å². The summed E-state index contributed by atoms with van der Waals surface area (Å²) < 4.78 is 0. The van der Waals surface area contributed by atoms with E-state index < -0.39 is 0 Å². The molecule has 0 atom stereocenters. The molecule has 0 saturated heterocycles. The van der Waals surface area contributed by atoms with Crippen molar-refractivity contribution in [2.24, 2.45) is 11.8 Å². The molecule has 2 fully saturated rings. The summed E-state index contributed by atoms with van der Waals surface area (Å²) in [5.41, 5.74) is 0.0986. The quantitative estimate of drug-likeness (QED) is 0.439. The molecular formula is C14H18N2O3S. The minimum atomic E-state index is -0.356. The van der Waals surface area contributed by atoms with Crippen LogP contribution in [0.4, 0.5) is 10.7 Å².